The second-order valence-corrected chi connectivity index (χ2v) is 12.3. The number of aliphatic hydroxyl groups excluding tert-OH is 5. The van der Waals surface area contributed by atoms with Crippen LogP contribution in [0.3, 0.4) is 0 Å². The van der Waals surface area contributed by atoms with Gasteiger partial charge in [0.15, 0.2) is 6.29 Å². The number of alkyl carbamates (subject to hydrolysis) is 1. The maximum absolute atomic E-state index is 12.2. The van der Waals surface area contributed by atoms with Gasteiger partial charge in [0.25, 0.3) is 0 Å². The number of carbonyl (C=O) groups excluding carboxylic acids is 1. The molecule has 2 unspecified atom stereocenters. The molecule has 1 aliphatic heterocycles. The van der Waals surface area contributed by atoms with Gasteiger partial charge in [-0.3, -0.25) is 0 Å². The smallest absolute Gasteiger partial charge is 0.422 e. The number of hydrogen-bond acceptors (Lipinski definition) is 11. The van der Waals surface area contributed by atoms with Gasteiger partial charge in [-0.2, -0.15) is 0 Å². The minimum absolute atomic E-state index is 0.303. The van der Waals surface area contributed by atoms with Crippen LogP contribution in [0, 0.1) is 5.92 Å². The second kappa shape index (κ2) is 21.7. The zero-order valence-electron chi connectivity index (χ0n) is 25.0. The van der Waals surface area contributed by atoms with Crippen molar-refractivity contribution in [2.24, 2.45) is 5.92 Å². The van der Waals surface area contributed by atoms with Crippen molar-refractivity contribution >= 4 is 13.9 Å². The fourth-order valence-electron chi connectivity index (χ4n) is 4.85. The van der Waals surface area contributed by atoms with Crippen LogP contribution in [0.5, 0.6) is 0 Å². The van der Waals surface area contributed by atoms with E-state index in [2.05, 4.69) is 21.5 Å². The molecular formula is C27H54NO13P. The van der Waals surface area contributed by atoms with E-state index < -0.39 is 76.8 Å². The minimum Gasteiger partial charge on any atom is -0.422 e. The Morgan fingerprint density at radius 1 is 0.905 bits per heavy atom. The summed E-state index contributed by atoms with van der Waals surface area (Å²) < 4.78 is 30.3. The number of ether oxygens (including phenoxy) is 3. The van der Waals surface area contributed by atoms with Crippen LogP contribution in [0.4, 0.5) is 4.79 Å². The van der Waals surface area contributed by atoms with Crippen LogP contribution in [0.15, 0.2) is 0 Å². The van der Waals surface area contributed by atoms with Crippen molar-refractivity contribution < 1.29 is 63.4 Å². The number of unbranched alkanes of at least 4 members (excludes halogenated alkanes) is 11. The lowest BCUT2D eigenvalue weighted by Crippen LogP contribution is -2.60. The molecule has 1 amide bonds. The molecule has 0 aromatic rings. The average molecular weight is 632 g/mol. The molecule has 14 nitrogen and oxygen atoms in total. The number of hydrogen-bond donors (Lipinski definition) is 8. The average Bonchev–Trinajstić information content (AvgIpc) is 2.94. The topological polar surface area (TPSA) is 225 Å². The molecule has 0 saturated carbocycles. The number of phosphoric ester groups is 1. The maximum atomic E-state index is 12.2. The van der Waals surface area contributed by atoms with Gasteiger partial charge >= 0.3 is 13.9 Å². The Balaban J connectivity index is 2.56. The Bertz CT molecular complexity index is 756. The summed E-state index contributed by atoms with van der Waals surface area (Å²) in [6.07, 6.45) is 5.07. The fourth-order valence-corrected chi connectivity index (χ4v) is 5.04. The molecule has 8 N–H and O–H groups in total. The normalized spacial score (nSPS) is 25.1. The highest BCUT2D eigenvalue weighted by molar-refractivity contribution is 7.46. The number of nitrogens with one attached hydrogen (secondary N) is 1. The van der Waals surface area contributed by atoms with Crippen LogP contribution in [0.1, 0.15) is 97.3 Å². The maximum Gasteiger partial charge on any atom is 0.472 e. The number of phosphoric acid groups is 1. The van der Waals surface area contributed by atoms with Crippen LogP contribution in [-0.4, -0.2) is 104 Å². The van der Waals surface area contributed by atoms with Gasteiger partial charge in [0.2, 0.25) is 6.79 Å². The molecule has 0 bridgehead atoms. The second-order valence-electron chi connectivity index (χ2n) is 11.1. The predicted molar refractivity (Wildman–Crippen MR) is 152 cm³/mol. The zero-order chi connectivity index (χ0) is 31.5. The molecule has 1 fully saturated rings. The summed E-state index contributed by atoms with van der Waals surface area (Å²) in [5.74, 6) is -0.303. The van der Waals surface area contributed by atoms with E-state index in [0.717, 1.165) is 25.7 Å². The highest BCUT2D eigenvalue weighted by Gasteiger charge is 2.44. The van der Waals surface area contributed by atoms with Gasteiger partial charge in [0.05, 0.1) is 25.4 Å². The summed E-state index contributed by atoms with van der Waals surface area (Å²) in [7, 11) is -4.87. The Morgan fingerprint density at radius 3 is 1.98 bits per heavy atom. The molecule has 0 radical (unpaired) electrons. The third-order valence-corrected chi connectivity index (χ3v) is 7.95. The number of amides is 1. The summed E-state index contributed by atoms with van der Waals surface area (Å²) in [5, 5.41) is 52.9. The minimum atomic E-state index is -4.87. The summed E-state index contributed by atoms with van der Waals surface area (Å²) in [5.41, 5.74) is 0. The highest BCUT2D eigenvalue weighted by atomic mass is 31.2. The van der Waals surface area contributed by atoms with Gasteiger partial charge in [-0.25, -0.2) is 13.9 Å². The molecule has 0 spiro atoms. The van der Waals surface area contributed by atoms with Crippen molar-refractivity contribution in [1.82, 2.24) is 5.32 Å². The molecular weight excluding hydrogens is 577 g/mol. The summed E-state index contributed by atoms with van der Waals surface area (Å²) in [6, 6.07) is -1.12. The quantitative estimate of drug-likeness (QED) is 0.0460. The predicted octanol–water partition coefficient (Wildman–Crippen LogP) is 2.05. The van der Waals surface area contributed by atoms with Crippen molar-refractivity contribution in [1.29, 1.82) is 0 Å². The SMILES string of the molecule is CCCCCCCCCCCCCC[C@@H](C)[C@@H](O)[C@H](CO[C@H]1OC(CO)[C@H](O)[C@H](O)C1O)NC(=O)OCOP(=O)(O)O. The van der Waals surface area contributed by atoms with Crippen LogP contribution in [0.2, 0.25) is 0 Å². The van der Waals surface area contributed by atoms with Gasteiger partial charge in [-0.1, -0.05) is 90.9 Å². The Labute approximate surface area is 248 Å². The van der Waals surface area contributed by atoms with Gasteiger partial charge in [-0.15, -0.1) is 0 Å². The van der Waals surface area contributed by atoms with Gasteiger partial charge in [0, 0.05) is 0 Å². The molecule has 250 valence electrons. The first-order valence-electron chi connectivity index (χ1n) is 15.1. The van der Waals surface area contributed by atoms with E-state index in [9.17, 15) is 34.9 Å². The van der Waals surface area contributed by atoms with Crippen LogP contribution >= 0.6 is 7.82 Å². The first-order chi connectivity index (χ1) is 19.9. The van der Waals surface area contributed by atoms with E-state index in [-0.39, 0.29) is 5.92 Å². The fraction of sp³-hybridized carbons (Fsp3) is 0.963. The Hall–Kier alpha value is -0.900. The standard InChI is InChI=1S/C27H54NO13P/c1-3-4-5-6-7-8-9-10-11-12-13-14-15-19(2)22(30)20(28-27(34)39-18-40-42(35,36)37)17-38-26-25(33)24(32)23(31)21(16-29)41-26/h19-26,29-33H,3-18H2,1-2H3,(H,28,34)(H2,35,36,37)/t19-,20+,21?,22-,23+,24+,25?,26+/m1/s1. The lowest BCUT2D eigenvalue weighted by atomic mass is 9.92. The van der Waals surface area contributed by atoms with E-state index in [1.165, 1.54) is 51.4 Å². The third kappa shape index (κ3) is 16.2. The van der Waals surface area contributed by atoms with E-state index in [1.807, 2.05) is 0 Å². The van der Waals surface area contributed by atoms with E-state index in [1.54, 1.807) is 6.92 Å². The van der Waals surface area contributed by atoms with Crippen molar-refractivity contribution in [3.05, 3.63) is 0 Å². The lowest BCUT2D eigenvalue weighted by Gasteiger charge is -2.40. The number of carbonyl (C=O) groups is 1. The molecule has 1 aliphatic rings. The molecule has 0 aliphatic carbocycles. The van der Waals surface area contributed by atoms with Crippen molar-refractivity contribution in [2.45, 2.75) is 140 Å². The van der Waals surface area contributed by atoms with Crippen molar-refractivity contribution in [3.63, 3.8) is 0 Å². The van der Waals surface area contributed by atoms with Crippen molar-refractivity contribution in [3.8, 4) is 0 Å². The van der Waals surface area contributed by atoms with E-state index >= 15 is 0 Å². The first-order valence-corrected chi connectivity index (χ1v) is 16.7. The largest absolute Gasteiger partial charge is 0.472 e. The molecule has 1 saturated heterocycles. The van der Waals surface area contributed by atoms with E-state index in [4.69, 9.17) is 19.3 Å². The summed E-state index contributed by atoms with van der Waals surface area (Å²) in [4.78, 5) is 29.7. The van der Waals surface area contributed by atoms with E-state index in [0.29, 0.717) is 6.42 Å². The molecule has 1 heterocycles. The van der Waals surface area contributed by atoms with Gasteiger partial charge in [0.1, 0.15) is 24.4 Å². The molecule has 15 heteroatoms. The van der Waals surface area contributed by atoms with Crippen molar-refractivity contribution in [2.75, 3.05) is 20.0 Å². The Morgan fingerprint density at radius 2 is 1.45 bits per heavy atom. The van der Waals surface area contributed by atoms with Crippen LogP contribution < -0.4 is 5.32 Å². The van der Waals surface area contributed by atoms with Crippen LogP contribution in [-0.2, 0) is 23.3 Å². The monoisotopic (exact) mass is 631 g/mol. The van der Waals surface area contributed by atoms with Crippen LogP contribution in [0.25, 0.3) is 0 Å². The molecule has 8 atom stereocenters. The summed E-state index contributed by atoms with van der Waals surface area (Å²) in [6.45, 7) is 1.89. The number of aliphatic hydroxyl groups is 5. The molecule has 0 aromatic carbocycles. The van der Waals surface area contributed by atoms with Gasteiger partial charge in [-0.05, 0) is 12.3 Å². The molecule has 0 aromatic heterocycles. The molecule has 42 heavy (non-hydrogen) atoms. The first kappa shape index (κ1) is 39.1. The third-order valence-electron chi connectivity index (χ3n) is 7.51. The lowest BCUT2D eigenvalue weighted by molar-refractivity contribution is -0.303. The van der Waals surface area contributed by atoms with Gasteiger partial charge < -0.3 is 54.8 Å². The Kier molecular flexibility index (Phi) is 20.3. The summed E-state index contributed by atoms with van der Waals surface area (Å²) >= 11 is 0. The number of rotatable bonds is 23. The highest BCUT2D eigenvalue weighted by Crippen LogP contribution is 2.35. The zero-order valence-corrected chi connectivity index (χ0v) is 25.9. The molecule has 1 rings (SSSR count).